The maximum atomic E-state index is 11.2. The van der Waals surface area contributed by atoms with Gasteiger partial charge >= 0.3 is 5.97 Å². The second-order valence-corrected chi connectivity index (χ2v) is 3.21. The summed E-state index contributed by atoms with van der Waals surface area (Å²) < 4.78 is 4.52. The lowest BCUT2D eigenvalue weighted by molar-refractivity contribution is 0.0216. The predicted octanol–water partition coefficient (Wildman–Crippen LogP) is -0.779. The Bertz CT molecular complexity index is 370. The number of methoxy groups -OCH3 is 1. The molecule has 1 aromatic rings. The van der Waals surface area contributed by atoms with Gasteiger partial charge in [0.05, 0.1) is 24.5 Å². The molecule has 0 aliphatic heterocycles. The monoisotopic (exact) mass is 226 g/mol. The molecule has 1 aromatic heterocycles. The van der Waals surface area contributed by atoms with E-state index < -0.39 is 18.2 Å². The highest BCUT2D eigenvalue weighted by Gasteiger charge is 2.19. The minimum Gasteiger partial charge on any atom is -0.465 e. The van der Waals surface area contributed by atoms with Crippen molar-refractivity contribution in [3.8, 4) is 0 Å². The highest BCUT2D eigenvalue weighted by molar-refractivity contribution is 5.89. The van der Waals surface area contributed by atoms with E-state index in [0.29, 0.717) is 0 Å². The number of carbonyl (C=O) groups excluding carboxylic acids is 1. The molecule has 2 atom stereocenters. The second kappa shape index (κ2) is 5.55. The summed E-state index contributed by atoms with van der Waals surface area (Å²) in [4.78, 5) is 15.1. The first-order valence-corrected chi connectivity index (χ1v) is 4.70. The fourth-order valence-electron chi connectivity index (χ4n) is 1.18. The molecule has 0 aromatic carbocycles. The van der Waals surface area contributed by atoms with Gasteiger partial charge in [-0.2, -0.15) is 0 Å². The Balaban J connectivity index is 2.94. The Hall–Kier alpha value is -1.50. The van der Waals surface area contributed by atoms with Gasteiger partial charge in [-0.1, -0.05) is 0 Å². The number of aliphatic hydroxyl groups is 2. The largest absolute Gasteiger partial charge is 0.465 e. The summed E-state index contributed by atoms with van der Waals surface area (Å²) in [7, 11) is 1.26. The summed E-state index contributed by atoms with van der Waals surface area (Å²) in [5.74, 6) is -0.530. The maximum absolute atomic E-state index is 11.2. The quantitative estimate of drug-likeness (QED) is 0.582. The van der Waals surface area contributed by atoms with Crippen molar-refractivity contribution in [1.82, 2.24) is 4.98 Å². The number of rotatable bonds is 4. The highest BCUT2D eigenvalue weighted by atomic mass is 16.5. The second-order valence-electron chi connectivity index (χ2n) is 3.21. The average Bonchev–Trinajstić information content (AvgIpc) is 2.36. The van der Waals surface area contributed by atoms with Crippen LogP contribution in [0.2, 0.25) is 0 Å². The predicted molar refractivity (Wildman–Crippen MR) is 55.6 cm³/mol. The summed E-state index contributed by atoms with van der Waals surface area (Å²) >= 11 is 0. The van der Waals surface area contributed by atoms with Gasteiger partial charge in [-0.25, -0.2) is 4.79 Å². The van der Waals surface area contributed by atoms with Gasteiger partial charge in [0.25, 0.3) is 0 Å². The third-order valence-corrected chi connectivity index (χ3v) is 2.11. The van der Waals surface area contributed by atoms with Crippen molar-refractivity contribution in [1.29, 1.82) is 0 Å². The Morgan fingerprint density at radius 1 is 1.62 bits per heavy atom. The third-order valence-electron chi connectivity index (χ3n) is 2.11. The lowest BCUT2D eigenvalue weighted by atomic mass is 10.1. The number of aromatic nitrogens is 1. The first kappa shape index (κ1) is 12.6. The van der Waals surface area contributed by atoms with Crippen LogP contribution in [-0.4, -0.2) is 40.9 Å². The number of nitrogens with two attached hydrogens (primary N) is 1. The smallest absolute Gasteiger partial charge is 0.337 e. The zero-order valence-electron chi connectivity index (χ0n) is 8.83. The molecule has 6 nitrogen and oxygen atoms in total. The molecule has 0 saturated carbocycles. The van der Waals surface area contributed by atoms with E-state index in [1.54, 1.807) is 0 Å². The number of hydrogen-bond donors (Lipinski definition) is 3. The maximum Gasteiger partial charge on any atom is 0.337 e. The van der Waals surface area contributed by atoms with E-state index in [1.165, 1.54) is 25.4 Å². The van der Waals surface area contributed by atoms with Gasteiger partial charge in [0.15, 0.2) is 0 Å². The standard InChI is InChI=1S/C10H14N2O4/c1-16-10(15)6-2-3-12-7(4-6)9(14)8(13)5-11/h2-4,8-9,13-14H,5,11H2,1H3. The lowest BCUT2D eigenvalue weighted by Gasteiger charge is -2.15. The van der Waals surface area contributed by atoms with Gasteiger partial charge < -0.3 is 20.7 Å². The summed E-state index contributed by atoms with van der Waals surface area (Å²) in [6.07, 6.45) is -0.969. The van der Waals surface area contributed by atoms with Gasteiger partial charge in [-0.15, -0.1) is 0 Å². The number of nitrogens with zero attached hydrogens (tertiary/aromatic N) is 1. The van der Waals surface area contributed by atoms with E-state index in [9.17, 15) is 15.0 Å². The molecule has 0 aliphatic rings. The number of hydrogen-bond acceptors (Lipinski definition) is 6. The van der Waals surface area contributed by atoms with Crippen LogP contribution in [0.25, 0.3) is 0 Å². The van der Waals surface area contributed by atoms with E-state index in [1.807, 2.05) is 0 Å². The van der Waals surface area contributed by atoms with Crippen LogP contribution in [0.15, 0.2) is 18.3 Å². The van der Waals surface area contributed by atoms with Crippen molar-refractivity contribution in [2.75, 3.05) is 13.7 Å². The minimum absolute atomic E-state index is 0.0920. The molecule has 0 saturated heterocycles. The molecule has 0 spiro atoms. The van der Waals surface area contributed by atoms with Crippen LogP contribution in [0.1, 0.15) is 22.2 Å². The first-order chi connectivity index (χ1) is 7.60. The van der Waals surface area contributed by atoms with Crippen LogP contribution in [0.5, 0.6) is 0 Å². The van der Waals surface area contributed by atoms with Gasteiger partial charge in [0.1, 0.15) is 6.10 Å². The van der Waals surface area contributed by atoms with Crippen molar-refractivity contribution in [3.63, 3.8) is 0 Å². The fraction of sp³-hybridized carbons (Fsp3) is 0.400. The number of pyridine rings is 1. The summed E-state index contributed by atoms with van der Waals surface area (Å²) in [6.45, 7) is -0.0920. The van der Waals surface area contributed by atoms with E-state index >= 15 is 0 Å². The normalized spacial score (nSPS) is 14.2. The molecule has 16 heavy (non-hydrogen) atoms. The van der Waals surface area contributed by atoms with E-state index in [0.717, 1.165) is 0 Å². The fourth-order valence-corrected chi connectivity index (χ4v) is 1.18. The molecule has 0 bridgehead atoms. The average molecular weight is 226 g/mol. The summed E-state index contributed by atoms with van der Waals surface area (Å²) in [5, 5.41) is 19.0. The van der Waals surface area contributed by atoms with Crippen LogP contribution in [0, 0.1) is 0 Å². The summed E-state index contributed by atoms with van der Waals surface area (Å²) in [6, 6.07) is 2.81. The molecule has 0 amide bonds. The molecule has 1 heterocycles. The zero-order chi connectivity index (χ0) is 12.1. The number of aliphatic hydroxyl groups excluding tert-OH is 2. The topological polar surface area (TPSA) is 106 Å². The molecule has 0 aliphatic carbocycles. The lowest BCUT2D eigenvalue weighted by Crippen LogP contribution is -2.27. The van der Waals surface area contributed by atoms with Crippen molar-refractivity contribution >= 4 is 5.97 Å². The highest BCUT2D eigenvalue weighted by Crippen LogP contribution is 2.15. The van der Waals surface area contributed by atoms with Gasteiger partial charge in [-0.3, -0.25) is 4.98 Å². The number of ether oxygens (including phenoxy) is 1. The molecule has 88 valence electrons. The molecule has 2 unspecified atom stereocenters. The SMILES string of the molecule is COC(=O)c1ccnc(C(O)C(O)CN)c1. The van der Waals surface area contributed by atoms with Crippen LogP contribution in [-0.2, 0) is 4.74 Å². The Labute approximate surface area is 92.7 Å². The van der Waals surface area contributed by atoms with E-state index in [4.69, 9.17) is 5.73 Å². The third kappa shape index (κ3) is 2.75. The number of esters is 1. The molecule has 6 heteroatoms. The molecule has 0 fully saturated rings. The first-order valence-electron chi connectivity index (χ1n) is 4.70. The Morgan fingerprint density at radius 2 is 2.31 bits per heavy atom. The van der Waals surface area contributed by atoms with E-state index in [-0.39, 0.29) is 17.8 Å². The van der Waals surface area contributed by atoms with E-state index in [2.05, 4.69) is 9.72 Å². The Morgan fingerprint density at radius 3 is 2.88 bits per heavy atom. The molecule has 4 N–H and O–H groups in total. The zero-order valence-corrected chi connectivity index (χ0v) is 8.83. The van der Waals surface area contributed by atoms with Crippen LogP contribution < -0.4 is 5.73 Å². The molecule has 0 radical (unpaired) electrons. The van der Waals surface area contributed by atoms with Crippen LogP contribution >= 0.6 is 0 Å². The van der Waals surface area contributed by atoms with Crippen molar-refractivity contribution in [3.05, 3.63) is 29.6 Å². The minimum atomic E-state index is -1.21. The van der Waals surface area contributed by atoms with Crippen molar-refractivity contribution < 1.29 is 19.7 Å². The van der Waals surface area contributed by atoms with Crippen molar-refractivity contribution in [2.45, 2.75) is 12.2 Å². The molecule has 1 rings (SSSR count). The van der Waals surface area contributed by atoms with Crippen LogP contribution in [0.3, 0.4) is 0 Å². The van der Waals surface area contributed by atoms with Gasteiger partial charge in [0, 0.05) is 12.7 Å². The van der Waals surface area contributed by atoms with Crippen LogP contribution in [0.4, 0.5) is 0 Å². The molecular formula is C10H14N2O4. The van der Waals surface area contributed by atoms with Gasteiger partial charge in [0.2, 0.25) is 0 Å². The molecular weight excluding hydrogens is 212 g/mol. The Kier molecular flexibility index (Phi) is 4.36. The van der Waals surface area contributed by atoms with Crippen molar-refractivity contribution in [2.24, 2.45) is 5.73 Å². The summed E-state index contributed by atoms with van der Waals surface area (Å²) in [5.41, 5.74) is 5.65. The number of carbonyl (C=O) groups is 1. The van der Waals surface area contributed by atoms with Gasteiger partial charge in [-0.05, 0) is 12.1 Å².